The van der Waals surface area contributed by atoms with Gasteiger partial charge in [-0.05, 0) is 5.18 Å². The van der Waals surface area contributed by atoms with Crippen LogP contribution in [0, 0.1) is 4.91 Å². The molecule has 0 aliphatic rings. The lowest BCUT2D eigenvalue weighted by Crippen LogP contribution is -2.81. The van der Waals surface area contributed by atoms with E-state index in [1.165, 1.54) is 0 Å². The Hall–Kier alpha value is -1.39. The third-order valence-corrected chi connectivity index (χ3v) is 1.63. The van der Waals surface area contributed by atoms with Gasteiger partial charge in [-0.3, -0.25) is 0 Å². The summed E-state index contributed by atoms with van der Waals surface area (Å²) in [5, 5.41) is 5.85. The molecule has 0 saturated heterocycles. The maximum absolute atomic E-state index is 10.4. The number of aryl methyl sites for hydroxylation is 1. The number of nitrogens with one attached hydrogen (secondary N) is 1. The predicted molar refractivity (Wildman–Crippen MR) is 47.1 cm³/mol. The second kappa shape index (κ2) is 3.55. The van der Waals surface area contributed by atoms with Gasteiger partial charge in [0, 0.05) is 31.9 Å². The SMILES string of the molecule is Cn1nccc1OCC(C)(C)[NH+]=O. The molecule has 0 aliphatic carbocycles. The van der Waals surface area contributed by atoms with Gasteiger partial charge in [0.25, 0.3) is 0 Å². The van der Waals surface area contributed by atoms with E-state index >= 15 is 0 Å². The van der Waals surface area contributed by atoms with Crippen molar-refractivity contribution < 1.29 is 9.91 Å². The minimum Gasteiger partial charge on any atom is -0.470 e. The fourth-order valence-corrected chi connectivity index (χ4v) is 0.787. The van der Waals surface area contributed by atoms with Crippen LogP contribution in [0.4, 0.5) is 0 Å². The van der Waals surface area contributed by atoms with Crippen molar-refractivity contribution in [3.05, 3.63) is 17.2 Å². The van der Waals surface area contributed by atoms with E-state index < -0.39 is 5.54 Å². The van der Waals surface area contributed by atoms with Crippen LogP contribution in [0.1, 0.15) is 13.8 Å². The monoisotopic (exact) mass is 184 g/mol. The molecule has 13 heavy (non-hydrogen) atoms. The Bertz CT molecular complexity index is 293. The first-order chi connectivity index (χ1) is 6.05. The standard InChI is InChI=1S/C8H13N3O2/c1-8(2,10-12)6-13-7-4-5-9-11(7)3/h4-5H,6H2,1-3H3/p+1. The van der Waals surface area contributed by atoms with Crippen molar-refractivity contribution in [1.29, 1.82) is 0 Å². The molecule has 72 valence electrons. The van der Waals surface area contributed by atoms with Crippen molar-refractivity contribution in [2.75, 3.05) is 6.61 Å². The summed E-state index contributed by atoms with van der Waals surface area (Å²) in [5.41, 5.74) is -0.565. The number of nitroso groups, excluding NO2 is 1. The Morgan fingerprint density at radius 3 is 2.85 bits per heavy atom. The highest BCUT2D eigenvalue weighted by Gasteiger charge is 2.26. The van der Waals surface area contributed by atoms with E-state index in [2.05, 4.69) is 5.10 Å². The highest BCUT2D eigenvalue weighted by Crippen LogP contribution is 2.08. The molecule has 1 heterocycles. The van der Waals surface area contributed by atoms with E-state index in [1.807, 2.05) is 5.18 Å². The summed E-state index contributed by atoms with van der Waals surface area (Å²) < 4.78 is 6.98. The molecule has 0 bridgehead atoms. The van der Waals surface area contributed by atoms with Crippen molar-refractivity contribution in [1.82, 2.24) is 9.78 Å². The maximum Gasteiger partial charge on any atom is 0.235 e. The fourth-order valence-electron chi connectivity index (χ4n) is 0.787. The molecule has 0 fully saturated rings. The summed E-state index contributed by atoms with van der Waals surface area (Å²) in [6.07, 6.45) is 1.65. The molecule has 0 atom stereocenters. The molecule has 1 rings (SSSR count). The Kier molecular flexibility index (Phi) is 2.65. The average molecular weight is 184 g/mol. The van der Waals surface area contributed by atoms with Crippen LogP contribution in [-0.2, 0) is 7.05 Å². The molecule has 1 aromatic rings. The fraction of sp³-hybridized carbons (Fsp3) is 0.625. The second-order valence-electron chi connectivity index (χ2n) is 3.57. The quantitative estimate of drug-likeness (QED) is 0.681. The molecular weight excluding hydrogens is 170 g/mol. The van der Waals surface area contributed by atoms with Gasteiger partial charge in [-0.2, -0.15) is 5.10 Å². The van der Waals surface area contributed by atoms with Crippen LogP contribution in [-0.4, -0.2) is 21.9 Å². The van der Waals surface area contributed by atoms with Crippen LogP contribution in [0.25, 0.3) is 0 Å². The van der Waals surface area contributed by atoms with Gasteiger partial charge < -0.3 is 4.74 Å². The number of hydrogen-bond donors (Lipinski definition) is 1. The molecule has 0 spiro atoms. The first-order valence-electron chi connectivity index (χ1n) is 4.05. The third kappa shape index (κ3) is 2.54. The smallest absolute Gasteiger partial charge is 0.235 e. The van der Waals surface area contributed by atoms with Crippen LogP contribution in [0.3, 0.4) is 0 Å². The summed E-state index contributed by atoms with van der Waals surface area (Å²) in [5.74, 6) is 0.656. The predicted octanol–water partition coefficient (Wildman–Crippen LogP) is -0.575. The summed E-state index contributed by atoms with van der Waals surface area (Å²) >= 11 is 0. The minimum atomic E-state index is -0.565. The van der Waals surface area contributed by atoms with E-state index in [1.54, 1.807) is 37.8 Å². The zero-order valence-corrected chi connectivity index (χ0v) is 8.07. The number of nitrogens with zero attached hydrogens (tertiary/aromatic N) is 2. The largest absolute Gasteiger partial charge is 0.470 e. The molecular formula is C8H14N3O2+. The van der Waals surface area contributed by atoms with Crippen LogP contribution >= 0.6 is 0 Å². The molecule has 0 aromatic carbocycles. The van der Waals surface area contributed by atoms with E-state index in [9.17, 15) is 4.91 Å². The van der Waals surface area contributed by atoms with Gasteiger partial charge in [-0.15, -0.1) is 0 Å². The molecule has 0 saturated carbocycles. The van der Waals surface area contributed by atoms with Gasteiger partial charge in [-0.1, -0.05) is 0 Å². The molecule has 1 N–H and O–H groups in total. The van der Waals surface area contributed by atoms with Crippen molar-refractivity contribution in [2.24, 2.45) is 7.05 Å². The number of ether oxygens (including phenoxy) is 1. The van der Waals surface area contributed by atoms with Crippen LogP contribution < -0.4 is 9.91 Å². The first-order valence-corrected chi connectivity index (χ1v) is 4.05. The van der Waals surface area contributed by atoms with Crippen LogP contribution in [0.15, 0.2) is 12.3 Å². The van der Waals surface area contributed by atoms with E-state index in [-0.39, 0.29) is 0 Å². The van der Waals surface area contributed by atoms with Crippen LogP contribution in [0.2, 0.25) is 0 Å². The lowest BCUT2D eigenvalue weighted by atomic mass is 10.1. The number of aromatic nitrogens is 2. The van der Waals surface area contributed by atoms with Crippen LogP contribution in [0.5, 0.6) is 5.88 Å². The Morgan fingerprint density at radius 1 is 1.69 bits per heavy atom. The molecule has 1 aromatic heterocycles. The van der Waals surface area contributed by atoms with E-state index in [0.717, 1.165) is 0 Å². The molecule has 5 heteroatoms. The summed E-state index contributed by atoms with van der Waals surface area (Å²) in [6.45, 7) is 3.86. The number of hydrogen-bond acceptors (Lipinski definition) is 3. The van der Waals surface area contributed by atoms with Gasteiger partial charge in [0.2, 0.25) is 11.4 Å². The summed E-state index contributed by atoms with van der Waals surface area (Å²) in [6, 6.07) is 1.75. The highest BCUT2D eigenvalue weighted by molar-refractivity contribution is 5.06. The lowest BCUT2D eigenvalue weighted by Gasteiger charge is -2.11. The Labute approximate surface area is 76.7 Å². The van der Waals surface area contributed by atoms with Crippen molar-refractivity contribution in [2.45, 2.75) is 19.4 Å². The van der Waals surface area contributed by atoms with Gasteiger partial charge >= 0.3 is 0 Å². The lowest BCUT2D eigenvalue weighted by molar-refractivity contribution is -0.567. The Balaban J connectivity index is 2.53. The van der Waals surface area contributed by atoms with Gasteiger partial charge in [0.1, 0.15) is 0 Å². The summed E-state index contributed by atoms with van der Waals surface area (Å²) in [4.78, 5) is 10.4. The number of rotatable bonds is 4. The minimum absolute atomic E-state index is 0.316. The highest BCUT2D eigenvalue weighted by atomic mass is 16.5. The van der Waals surface area contributed by atoms with Crippen molar-refractivity contribution in [3.63, 3.8) is 0 Å². The zero-order valence-electron chi connectivity index (χ0n) is 8.07. The second-order valence-corrected chi connectivity index (χ2v) is 3.57. The van der Waals surface area contributed by atoms with Gasteiger partial charge in [0.05, 0.1) is 6.20 Å². The molecule has 0 radical (unpaired) electrons. The Morgan fingerprint density at radius 2 is 2.38 bits per heavy atom. The molecule has 0 unspecified atom stereocenters. The zero-order chi connectivity index (χ0) is 9.90. The summed E-state index contributed by atoms with van der Waals surface area (Å²) in [7, 11) is 1.78. The average Bonchev–Trinajstić information content (AvgIpc) is 2.48. The van der Waals surface area contributed by atoms with Crippen molar-refractivity contribution >= 4 is 0 Å². The maximum atomic E-state index is 10.4. The van der Waals surface area contributed by atoms with E-state index in [0.29, 0.717) is 12.5 Å². The first kappa shape index (κ1) is 9.70. The third-order valence-electron chi connectivity index (χ3n) is 1.63. The normalized spacial score (nSPS) is 11.3. The van der Waals surface area contributed by atoms with Gasteiger partial charge in [-0.25, -0.2) is 4.68 Å². The molecule has 5 nitrogen and oxygen atoms in total. The topological polar surface area (TPSA) is 58.1 Å². The molecule has 0 amide bonds. The van der Waals surface area contributed by atoms with Gasteiger partial charge in [0.15, 0.2) is 6.61 Å². The van der Waals surface area contributed by atoms with E-state index in [4.69, 9.17) is 4.74 Å². The van der Waals surface area contributed by atoms with Crippen molar-refractivity contribution in [3.8, 4) is 5.88 Å². The molecule has 0 aliphatic heterocycles.